The minimum absolute atomic E-state index is 0.222. The Morgan fingerprint density at radius 2 is 2.12 bits per heavy atom. The topological polar surface area (TPSA) is 77.3 Å². The van der Waals surface area contributed by atoms with Crippen LogP contribution in [0.3, 0.4) is 0 Å². The van der Waals surface area contributed by atoms with E-state index in [2.05, 4.69) is 61.4 Å². The van der Waals surface area contributed by atoms with Crippen LogP contribution in [0.1, 0.15) is 23.3 Å². The van der Waals surface area contributed by atoms with Crippen molar-refractivity contribution in [3.8, 4) is 5.95 Å². The maximum Gasteiger partial charge on any atom is 0.248 e. The third-order valence-corrected chi connectivity index (χ3v) is 7.13. The van der Waals surface area contributed by atoms with Crippen LogP contribution in [0.5, 0.6) is 0 Å². The second-order valence-electron chi connectivity index (χ2n) is 7.92. The van der Waals surface area contributed by atoms with Crippen molar-refractivity contribution in [1.82, 2.24) is 24.2 Å². The van der Waals surface area contributed by atoms with Crippen molar-refractivity contribution in [3.63, 3.8) is 0 Å². The van der Waals surface area contributed by atoms with Gasteiger partial charge in [-0.1, -0.05) is 36.4 Å². The van der Waals surface area contributed by atoms with E-state index < -0.39 is 0 Å². The van der Waals surface area contributed by atoms with Gasteiger partial charge in [-0.3, -0.25) is 4.57 Å². The van der Waals surface area contributed by atoms with E-state index in [0.29, 0.717) is 12.7 Å². The number of rotatable bonds is 12. The fraction of sp³-hybridized carbons (Fsp3) is 0.292. The Bertz CT molecular complexity index is 1160. The van der Waals surface area contributed by atoms with Crippen LogP contribution >= 0.6 is 22.9 Å². The first-order valence-corrected chi connectivity index (χ1v) is 12.8. The lowest BCUT2D eigenvalue weighted by atomic mass is 10.1. The first-order chi connectivity index (χ1) is 16.8. The van der Waals surface area contributed by atoms with Crippen molar-refractivity contribution in [3.05, 3.63) is 89.0 Å². The lowest BCUT2D eigenvalue weighted by Gasteiger charge is -2.25. The smallest absolute Gasteiger partial charge is 0.248 e. The molecule has 0 radical (unpaired) electrons. The van der Waals surface area contributed by atoms with Crippen LogP contribution < -0.4 is 10.2 Å². The monoisotopic (exact) mass is 494 g/mol. The summed E-state index contributed by atoms with van der Waals surface area (Å²) in [5, 5.41) is 6.72. The van der Waals surface area contributed by atoms with Crippen LogP contribution in [-0.2, 0) is 22.6 Å². The molecule has 176 valence electrons. The highest BCUT2D eigenvalue weighted by atomic mass is 32.1. The van der Waals surface area contributed by atoms with E-state index in [-0.39, 0.29) is 6.04 Å². The number of anilines is 1. The number of thiophene rings is 1. The molecule has 5 rings (SSSR count). The highest BCUT2D eigenvalue weighted by molar-refractivity contribution is 7.10. The summed E-state index contributed by atoms with van der Waals surface area (Å²) in [5.74, 6) is 1.53. The molecule has 8 nitrogen and oxygen atoms in total. The fourth-order valence-electron chi connectivity index (χ4n) is 3.72. The minimum atomic E-state index is 0.222. The van der Waals surface area contributed by atoms with Crippen LogP contribution in [-0.4, -0.2) is 38.3 Å². The molecule has 1 unspecified atom stereocenters. The van der Waals surface area contributed by atoms with Gasteiger partial charge in [0.25, 0.3) is 0 Å². The van der Waals surface area contributed by atoms with Crippen molar-refractivity contribution in [2.75, 3.05) is 18.2 Å². The molecule has 1 aliphatic rings. The Kier molecular flexibility index (Phi) is 7.49. The third-order valence-electron chi connectivity index (χ3n) is 5.50. The zero-order valence-corrected chi connectivity index (χ0v) is 20.3. The Morgan fingerprint density at radius 1 is 1.18 bits per heavy atom. The molecule has 1 atom stereocenters. The van der Waals surface area contributed by atoms with Gasteiger partial charge in [0, 0.05) is 54.4 Å². The van der Waals surface area contributed by atoms with Gasteiger partial charge in [-0.25, -0.2) is 4.98 Å². The lowest BCUT2D eigenvalue weighted by molar-refractivity contribution is 0.0762. The van der Waals surface area contributed by atoms with Gasteiger partial charge in [-0.15, -0.1) is 11.3 Å². The molecule has 0 bridgehead atoms. The molecule has 34 heavy (non-hydrogen) atoms. The van der Waals surface area contributed by atoms with Gasteiger partial charge < -0.3 is 19.7 Å². The number of ether oxygens (including phenoxy) is 2. The summed E-state index contributed by atoms with van der Waals surface area (Å²) in [4.78, 5) is 12.5. The van der Waals surface area contributed by atoms with Gasteiger partial charge in [-0.2, -0.15) is 9.36 Å². The van der Waals surface area contributed by atoms with E-state index in [4.69, 9.17) is 14.5 Å². The van der Waals surface area contributed by atoms with E-state index in [0.717, 1.165) is 43.4 Å². The second-order valence-corrected chi connectivity index (χ2v) is 9.68. The molecule has 1 aliphatic heterocycles. The fourth-order valence-corrected chi connectivity index (χ4v) is 5.13. The Hall–Kier alpha value is -3.21. The minimum Gasteiger partial charge on any atom is -0.462 e. The third kappa shape index (κ3) is 6.02. The SMILES string of the molecule is C1=C(CC(CCN(Cc2cccs2)c2nc(-n3ccnc3)ns2)NCc2ccccc2)OCO1. The van der Waals surface area contributed by atoms with E-state index in [1.54, 1.807) is 30.1 Å². The summed E-state index contributed by atoms with van der Waals surface area (Å²) < 4.78 is 17.3. The van der Waals surface area contributed by atoms with Gasteiger partial charge >= 0.3 is 0 Å². The Labute approximate surface area is 206 Å². The molecule has 0 amide bonds. The van der Waals surface area contributed by atoms with Crippen LogP contribution in [0.2, 0.25) is 0 Å². The summed E-state index contributed by atoms with van der Waals surface area (Å²) in [6.45, 7) is 2.72. The number of aromatic nitrogens is 4. The predicted molar refractivity (Wildman–Crippen MR) is 134 cm³/mol. The Balaban J connectivity index is 1.29. The molecule has 1 N–H and O–H groups in total. The summed E-state index contributed by atoms with van der Waals surface area (Å²) in [6.07, 6.45) is 8.72. The van der Waals surface area contributed by atoms with Crippen LogP contribution in [0, 0.1) is 0 Å². The zero-order valence-electron chi connectivity index (χ0n) is 18.6. The largest absolute Gasteiger partial charge is 0.462 e. The first kappa shape index (κ1) is 22.6. The molecular formula is C24H26N6O2S2. The molecular weight excluding hydrogens is 468 g/mol. The first-order valence-electron chi connectivity index (χ1n) is 11.1. The molecule has 0 fully saturated rings. The summed E-state index contributed by atoms with van der Waals surface area (Å²) in [6, 6.07) is 14.9. The summed E-state index contributed by atoms with van der Waals surface area (Å²) >= 11 is 3.17. The number of hydrogen-bond donors (Lipinski definition) is 1. The zero-order chi connectivity index (χ0) is 23.0. The van der Waals surface area contributed by atoms with Gasteiger partial charge in [0.1, 0.15) is 18.3 Å². The summed E-state index contributed by atoms with van der Waals surface area (Å²) in [7, 11) is 0. The number of benzene rings is 1. The number of nitrogens with one attached hydrogen (secondary N) is 1. The van der Waals surface area contributed by atoms with Gasteiger partial charge in [-0.05, 0) is 23.4 Å². The quantitative estimate of drug-likeness (QED) is 0.309. The molecule has 0 saturated heterocycles. The highest BCUT2D eigenvalue weighted by Crippen LogP contribution is 2.24. The van der Waals surface area contributed by atoms with Gasteiger partial charge in [0.05, 0.1) is 6.54 Å². The number of nitrogens with zero attached hydrogens (tertiary/aromatic N) is 5. The van der Waals surface area contributed by atoms with Crippen molar-refractivity contribution >= 4 is 28.0 Å². The molecule has 0 spiro atoms. The average Bonchev–Trinajstić information content (AvgIpc) is 3.68. The standard InChI is InChI=1S/C24H26N6O2S2/c1-2-5-19(6-3-1)14-26-20(13-21-16-31-18-32-21)8-10-29(15-22-7-4-12-33-22)24-27-23(28-34-24)30-11-9-25-17-30/h1-7,9,11-12,16-17,20,26H,8,10,13-15,18H2. The molecule has 4 heterocycles. The van der Waals surface area contributed by atoms with E-state index in [1.807, 2.05) is 16.8 Å². The second kappa shape index (κ2) is 11.3. The Morgan fingerprint density at radius 3 is 2.88 bits per heavy atom. The van der Waals surface area contributed by atoms with Gasteiger partial charge in [0.15, 0.2) is 0 Å². The molecule has 10 heteroatoms. The predicted octanol–water partition coefficient (Wildman–Crippen LogP) is 4.58. The number of hydrogen-bond acceptors (Lipinski definition) is 9. The molecule has 3 aromatic heterocycles. The maximum absolute atomic E-state index is 5.61. The van der Waals surface area contributed by atoms with Crippen molar-refractivity contribution in [1.29, 1.82) is 0 Å². The molecule has 1 aromatic carbocycles. The van der Waals surface area contributed by atoms with Crippen molar-refractivity contribution in [2.24, 2.45) is 0 Å². The molecule has 4 aromatic rings. The van der Waals surface area contributed by atoms with Crippen LogP contribution in [0.25, 0.3) is 5.95 Å². The normalized spacial score (nSPS) is 13.8. The summed E-state index contributed by atoms with van der Waals surface area (Å²) in [5.41, 5.74) is 1.26. The lowest BCUT2D eigenvalue weighted by Crippen LogP contribution is -2.34. The van der Waals surface area contributed by atoms with E-state index in [1.165, 1.54) is 22.0 Å². The van der Waals surface area contributed by atoms with Gasteiger partial charge in [0.2, 0.25) is 17.9 Å². The average molecular weight is 495 g/mol. The van der Waals surface area contributed by atoms with Crippen molar-refractivity contribution < 1.29 is 9.47 Å². The number of imidazole rings is 1. The van der Waals surface area contributed by atoms with Crippen molar-refractivity contribution in [2.45, 2.75) is 32.0 Å². The van der Waals surface area contributed by atoms with Crippen LogP contribution in [0.15, 0.2) is 78.6 Å². The highest BCUT2D eigenvalue weighted by Gasteiger charge is 2.20. The van der Waals surface area contributed by atoms with Crippen LogP contribution in [0.4, 0.5) is 5.13 Å². The molecule has 0 aliphatic carbocycles. The van der Waals surface area contributed by atoms with E-state index >= 15 is 0 Å². The van der Waals surface area contributed by atoms with E-state index in [9.17, 15) is 0 Å². The maximum atomic E-state index is 5.61. The molecule has 0 saturated carbocycles.